The average molecular weight is 412 g/mol. The van der Waals surface area contributed by atoms with Gasteiger partial charge in [0.05, 0.1) is 4.92 Å². The number of carbonyl (C=O) groups is 3. The van der Waals surface area contributed by atoms with E-state index < -0.39 is 35.4 Å². The first-order chi connectivity index (χ1) is 14.4. The molecule has 2 aromatic rings. The number of ether oxygens (including phenoxy) is 3. The second kappa shape index (κ2) is 9.32. The number of nitrogens with zero attached hydrogens (tertiary/aromatic N) is 1. The smallest absolute Gasteiger partial charge is 0.331 e. The van der Waals surface area contributed by atoms with Crippen molar-refractivity contribution in [2.75, 3.05) is 13.2 Å². The van der Waals surface area contributed by atoms with Crippen molar-refractivity contribution in [2.24, 2.45) is 0 Å². The molecule has 0 fully saturated rings. The highest BCUT2D eigenvalue weighted by Crippen LogP contribution is 2.30. The van der Waals surface area contributed by atoms with Crippen LogP contribution in [0.15, 0.2) is 54.6 Å². The summed E-state index contributed by atoms with van der Waals surface area (Å²) in [5.74, 6) is -1.46. The Morgan fingerprint density at radius 2 is 1.83 bits per heavy atom. The lowest BCUT2D eigenvalue weighted by Gasteiger charge is -2.25. The van der Waals surface area contributed by atoms with Crippen LogP contribution in [0, 0.1) is 10.1 Å². The molecule has 1 atom stereocenters. The van der Waals surface area contributed by atoms with Crippen LogP contribution >= 0.6 is 0 Å². The van der Waals surface area contributed by atoms with E-state index >= 15 is 0 Å². The average Bonchev–Trinajstić information content (AvgIpc) is 2.76. The van der Waals surface area contributed by atoms with Crippen molar-refractivity contribution in [1.82, 2.24) is 5.32 Å². The van der Waals surface area contributed by atoms with Crippen LogP contribution in [0.1, 0.15) is 5.56 Å². The fourth-order valence-electron chi connectivity index (χ4n) is 2.46. The number of para-hydroxylation sites is 2. The lowest BCUT2D eigenvalue weighted by molar-refractivity contribution is -0.384. The number of rotatable bonds is 6. The van der Waals surface area contributed by atoms with Crippen LogP contribution in [0.3, 0.4) is 0 Å². The molecule has 10 heteroatoms. The number of fused-ring (bicyclic) bond motifs is 1. The third-order valence-corrected chi connectivity index (χ3v) is 3.92. The Balaban J connectivity index is 1.43. The molecule has 1 aliphatic rings. The number of non-ortho nitro benzene ring substituents is 1. The molecule has 2 aromatic carbocycles. The van der Waals surface area contributed by atoms with Crippen molar-refractivity contribution < 1.29 is 33.5 Å². The number of imide groups is 1. The van der Waals surface area contributed by atoms with E-state index in [9.17, 15) is 24.5 Å². The number of amides is 2. The molecule has 0 bridgehead atoms. The monoisotopic (exact) mass is 412 g/mol. The summed E-state index contributed by atoms with van der Waals surface area (Å²) in [5, 5.41) is 12.7. The van der Waals surface area contributed by atoms with Crippen LogP contribution < -0.4 is 14.8 Å². The number of nitro benzene ring substituents is 1. The number of nitrogens with one attached hydrogen (secondary N) is 1. The summed E-state index contributed by atoms with van der Waals surface area (Å²) in [6.07, 6.45) is 1.42. The molecule has 0 saturated carbocycles. The second-order valence-corrected chi connectivity index (χ2v) is 6.07. The van der Waals surface area contributed by atoms with Gasteiger partial charge in [0.2, 0.25) is 6.10 Å². The number of esters is 1. The zero-order valence-electron chi connectivity index (χ0n) is 15.5. The molecule has 0 aromatic heterocycles. The van der Waals surface area contributed by atoms with E-state index in [0.717, 1.165) is 6.08 Å². The van der Waals surface area contributed by atoms with Gasteiger partial charge < -0.3 is 14.2 Å². The fourth-order valence-corrected chi connectivity index (χ4v) is 2.46. The highest BCUT2D eigenvalue weighted by Gasteiger charge is 2.28. The van der Waals surface area contributed by atoms with Crippen LogP contribution in [-0.4, -0.2) is 42.0 Å². The molecule has 2 amide bonds. The third kappa shape index (κ3) is 5.41. The van der Waals surface area contributed by atoms with Gasteiger partial charge >= 0.3 is 5.97 Å². The summed E-state index contributed by atoms with van der Waals surface area (Å²) >= 11 is 0. The van der Waals surface area contributed by atoms with Gasteiger partial charge in [0.1, 0.15) is 6.61 Å². The minimum Gasteiger partial charge on any atom is -0.485 e. The molecule has 0 aliphatic carbocycles. The van der Waals surface area contributed by atoms with Gasteiger partial charge in [0.25, 0.3) is 17.5 Å². The summed E-state index contributed by atoms with van der Waals surface area (Å²) < 4.78 is 15.6. The quantitative estimate of drug-likeness (QED) is 0.327. The predicted molar refractivity (Wildman–Crippen MR) is 103 cm³/mol. The summed E-state index contributed by atoms with van der Waals surface area (Å²) in [4.78, 5) is 45.7. The highest BCUT2D eigenvalue weighted by atomic mass is 16.6. The van der Waals surface area contributed by atoms with Crippen molar-refractivity contribution in [1.29, 1.82) is 0 Å². The summed E-state index contributed by atoms with van der Waals surface area (Å²) in [6.45, 7) is -0.729. The number of carbonyl (C=O) groups excluding carboxylic acids is 3. The van der Waals surface area contributed by atoms with Crippen molar-refractivity contribution in [3.63, 3.8) is 0 Å². The van der Waals surface area contributed by atoms with Gasteiger partial charge in [-0.3, -0.25) is 25.0 Å². The molecule has 1 aliphatic heterocycles. The van der Waals surface area contributed by atoms with Gasteiger partial charge in [-0.25, -0.2) is 4.79 Å². The molecule has 0 spiro atoms. The van der Waals surface area contributed by atoms with E-state index in [1.807, 2.05) is 0 Å². The van der Waals surface area contributed by atoms with E-state index in [2.05, 4.69) is 5.32 Å². The van der Waals surface area contributed by atoms with E-state index in [4.69, 9.17) is 14.2 Å². The molecule has 3 rings (SSSR count). The minimum absolute atomic E-state index is 0.0616. The molecule has 1 heterocycles. The first kappa shape index (κ1) is 20.5. The number of hydrogen-bond acceptors (Lipinski definition) is 8. The highest BCUT2D eigenvalue weighted by molar-refractivity contribution is 5.99. The number of hydrogen-bond donors (Lipinski definition) is 1. The molecule has 0 radical (unpaired) electrons. The molecule has 154 valence electrons. The first-order valence-corrected chi connectivity index (χ1v) is 8.74. The van der Waals surface area contributed by atoms with Crippen molar-refractivity contribution >= 4 is 29.5 Å². The molecule has 30 heavy (non-hydrogen) atoms. The van der Waals surface area contributed by atoms with E-state index in [-0.39, 0.29) is 12.3 Å². The Morgan fingerprint density at radius 3 is 2.53 bits per heavy atom. The standard InChI is InChI=1S/C20H16N2O8/c23-18(21-20(25)17-11-28-15-3-1-2-4-16(15)30-17)12-29-19(24)10-7-13-5-8-14(9-6-13)22(26)27/h1-10,17H,11-12H2,(H,21,23,25). The van der Waals surface area contributed by atoms with Gasteiger partial charge in [-0.2, -0.15) is 0 Å². The summed E-state index contributed by atoms with van der Waals surface area (Å²) in [6, 6.07) is 12.3. The first-order valence-electron chi connectivity index (χ1n) is 8.74. The van der Waals surface area contributed by atoms with Crippen LogP contribution in [0.2, 0.25) is 0 Å². The van der Waals surface area contributed by atoms with Crippen LogP contribution in [0.4, 0.5) is 5.69 Å². The minimum atomic E-state index is -1.01. The van der Waals surface area contributed by atoms with Gasteiger partial charge in [0, 0.05) is 18.2 Å². The predicted octanol–water partition coefficient (Wildman–Crippen LogP) is 1.63. The van der Waals surface area contributed by atoms with Gasteiger partial charge in [-0.15, -0.1) is 0 Å². The van der Waals surface area contributed by atoms with Crippen molar-refractivity contribution in [3.05, 3.63) is 70.3 Å². The zero-order chi connectivity index (χ0) is 21.5. The molecular weight excluding hydrogens is 396 g/mol. The van der Waals surface area contributed by atoms with Crippen LogP contribution in [0.5, 0.6) is 11.5 Å². The van der Waals surface area contributed by atoms with Gasteiger partial charge in [-0.1, -0.05) is 12.1 Å². The Bertz CT molecular complexity index is 1000. The normalized spacial score (nSPS) is 14.7. The summed E-state index contributed by atoms with van der Waals surface area (Å²) in [7, 11) is 0. The van der Waals surface area contributed by atoms with Crippen LogP contribution in [0.25, 0.3) is 6.08 Å². The van der Waals surface area contributed by atoms with Crippen molar-refractivity contribution in [2.45, 2.75) is 6.10 Å². The van der Waals surface area contributed by atoms with E-state index in [1.165, 1.54) is 30.3 Å². The topological polar surface area (TPSA) is 134 Å². The largest absolute Gasteiger partial charge is 0.485 e. The summed E-state index contributed by atoms with van der Waals surface area (Å²) in [5.41, 5.74) is 0.457. The third-order valence-electron chi connectivity index (χ3n) is 3.92. The Kier molecular flexibility index (Phi) is 6.38. The SMILES string of the molecule is O=C(COC(=O)C=Cc1ccc([N+](=O)[O-])cc1)NC(=O)C1COc2ccccc2O1. The molecule has 1 unspecified atom stereocenters. The molecular formula is C20H16N2O8. The Morgan fingerprint density at radius 1 is 1.13 bits per heavy atom. The maximum absolute atomic E-state index is 12.1. The molecule has 0 saturated heterocycles. The molecule has 10 nitrogen and oxygen atoms in total. The lowest BCUT2D eigenvalue weighted by Crippen LogP contribution is -2.47. The van der Waals surface area contributed by atoms with Gasteiger partial charge in [0.15, 0.2) is 18.1 Å². The van der Waals surface area contributed by atoms with Gasteiger partial charge in [-0.05, 0) is 35.9 Å². The zero-order valence-corrected chi connectivity index (χ0v) is 15.5. The van der Waals surface area contributed by atoms with E-state index in [0.29, 0.717) is 17.1 Å². The van der Waals surface area contributed by atoms with Crippen LogP contribution in [-0.2, 0) is 19.1 Å². The fraction of sp³-hybridized carbons (Fsp3) is 0.150. The number of benzene rings is 2. The lowest BCUT2D eigenvalue weighted by atomic mass is 10.2. The van der Waals surface area contributed by atoms with Crippen molar-refractivity contribution in [3.8, 4) is 11.5 Å². The Labute approximate surface area is 170 Å². The van der Waals surface area contributed by atoms with E-state index in [1.54, 1.807) is 24.3 Å². The Hall–Kier alpha value is -4.21. The number of nitro groups is 1. The molecule has 1 N–H and O–H groups in total. The second-order valence-electron chi connectivity index (χ2n) is 6.07. The maximum atomic E-state index is 12.1. The maximum Gasteiger partial charge on any atom is 0.331 e.